The van der Waals surface area contributed by atoms with E-state index in [1.807, 2.05) is 24.3 Å². The number of hydrogen-bond donors (Lipinski definition) is 0. The van der Waals surface area contributed by atoms with Crippen molar-refractivity contribution < 1.29 is 4.74 Å². The van der Waals surface area contributed by atoms with Crippen LogP contribution >= 0.6 is 38.9 Å². The minimum atomic E-state index is 0.506. The fourth-order valence-corrected chi connectivity index (χ4v) is 2.19. The third kappa shape index (κ3) is 3.19. The molecule has 0 radical (unpaired) electrons. The fourth-order valence-electron chi connectivity index (χ4n) is 1.04. The van der Waals surface area contributed by atoms with Gasteiger partial charge in [0.1, 0.15) is 12.4 Å². The van der Waals surface area contributed by atoms with Gasteiger partial charge < -0.3 is 4.74 Å². The molecule has 0 saturated heterocycles. The molecule has 0 spiro atoms. The number of rotatable bonds is 3. The van der Waals surface area contributed by atoms with Gasteiger partial charge in [-0.2, -0.15) is 0 Å². The maximum absolute atomic E-state index is 5.71. The van der Waals surface area contributed by atoms with Gasteiger partial charge in [0.2, 0.25) is 0 Å². The van der Waals surface area contributed by atoms with Crippen molar-refractivity contribution in [2.24, 2.45) is 0 Å². The number of hydrogen-bond acceptors (Lipinski definition) is 3. The van der Waals surface area contributed by atoms with Crippen LogP contribution in [-0.4, -0.2) is 4.98 Å². The molecule has 0 unspecified atom stereocenters. The SMILES string of the molecule is Clc1ncc(COc2ccc(Br)cc2)s1. The zero-order chi connectivity index (χ0) is 10.7. The highest BCUT2D eigenvalue weighted by atomic mass is 79.9. The summed E-state index contributed by atoms with van der Waals surface area (Å²) in [6.45, 7) is 0.506. The maximum Gasteiger partial charge on any atom is 0.183 e. The summed E-state index contributed by atoms with van der Waals surface area (Å²) in [6.07, 6.45) is 1.73. The van der Waals surface area contributed by atoms with Crippen LogP contribution in [0.2, 0.25) is 4.47 Å². The molecular weight excluding hydrogens is 298 g/mol. The van der Waals surface area contributed by atoms with Gasteiger partial charge >= 0.3 is 0 Å². The van der Waals surface area contributed by atoms with Crippen molar-refractivity contribution in [3.63, 3.8) is 0 Å². The first kappa shape index (κ1) is 10.9. The first-order chi connectivity index (χ1) is 7.24. The van der Waals surface area contributed by atoms with Gasteiger partial charge in [0.25, 0.3) is 0 Å². The van der Waals surface area contributed by atoms with Crippen molar-refractivity contribution in [1.29, 1.82) is 0 Å². The smallest absolute Gasteiger partial charge is 0.183 e. The molecule has 1 aromatic heterocycles. The quantitative estimate of drug-likeness (QED) is 0.850. The van der Waals surface area contributed by atoms with Crippen LogP contribution < -0.4 is 4.74 Å². The van der Waals surface area contributed by atoms with Gasteiger partial charge in [-0.3, -0.25) is 0 Å². The van der Waals surface area contributed by atoms with E-state index in [-0.39, 0.29) is 0 Å². The van der Waals surface area contributed by atoms with E-state index in [2.05, 4.69) is 20.9 Å². The Kier molecular flexibility index (Phi) is 3.61. The molecule has 2 aromatic rings. The van der Waals surface area contributed by atoms with Gasteiger partial charge in [-0.1, -0.05) is 27.5 Å². The molecule has 0 N–H and O–H groups in total. The van der Waals surface area contributed by atoms with Crippen molar-refractivity contribution in [2.75, 3.05) is 0 Å². The predicted octanol–water partition coefficient (Wildman–Crippen LogP) is 4.14. The van der Waals surface area contributed by atoms with Crippen LogP contribution in [0.1, 0.15) is 4.88 Å². The molecule has 1 aromatic carbocycles. The van der Waals surface area contributed by atoms with E-state index in [0.717, 1.165) is 15.1 Å². The summed E-state index contributed by atoms with van der Waals surface area (Å²) in [6, 6.07) is 7.70. The van der Waals surface area contributed by atoms with E-state index in [0.29, 0.717) is 11.1 Å². The second-order valence-corrected chi connectivity index (χ2v) is 5.44. The van der Waals surface area contributed by atoms with Crippen LogP contribution in [0.5, 0.6) is 5.75 Å². The zero-order valence-corrected chi connectivity index (χ0v) is 10.8. The van der Waals surface area contributed by atoms with Crippen LogP contribution in [0.4, 0.5) is 0 Å². The molecular formula is C10H7BrClNOS. The van der Waals surface area contributed by atoms with Crippen LogP contribution in [0, 0.1) is 0 Å². The number of aromatic nitrogens is 1. The molecule has 2 rings (SSSR count). The summed E-state index contributed by atoms with van der Waals surface area (Å²) in [5.41, 5.74) is 0. The average molecular weight is 305 g/mol. The molecule has 15 heavy (non-hydrogen) atoms. The topological polar surface area (TPSA) is 22.1 Å². The molecule has 0 atom stereocenters. The Morgan fingerprint density at radius 1 is 1.33 bits per heavy atom. The second kappa shape index (κ2) is 4.96. The number of benzene rings is 1. The largest absolute Gasteiger partial charge is 0.488 e. The molecule has 78 valence electrons. The van der Waals surface area contributed by atoms with Crippen LogP contribution in [0.25, 0.3) is 0 Å². The molecule has 1 heterocycles. The third-order valence-corrected chi connectivity index (χ3v) is 3.34. The van der Waals surface area contributed by atoms with Crippen LogP contribution in [0.15, 0.2) is 34.9 Å². The summed E-state index contributed by atoms with van der Waals surface area (Å²) in [7, 11) is 0. The first-order valence-corrected chi connectivity index (χ1v) is 6.21. The second-order valence-electron chi connectivity index (χ2n) is 2.82. The van der Waals surface area contributed by atoms with Gasteiger partial charge in [0, 0.05) is 10.7 Å². The lowest BCUT2D eigenvalue weighted by atomic mass is 10.3. The molecule has 2 nitrogen and oxygen atoms in total. The van der Waals surface area contributed by atoms with Gasteiger partial charge in [0.05, 0.1) is 4.88 Å². The van der Waals surface area contributed by atoms with Crippen molar-refractivity contribution in [3.05, 3.63) is 44.3 Å². The Morgan fingerprint density at radius 3 is 2.67 bits per heavy atom. The Balaban J connectivity index is 1.96. The lowest BCUT2D eigenvalue weighted by Gasteiger charge is -2.03. The van der Waals surface area contributed by atoms with Crippen LogP contribution in [-0.2, 0) is 6.61 Å². The molecule has 0 saturated carbocycles. The number of ether oxygens (including phenoxy) is 1. The van der Waals surface area contributed by atoms with Crippen molar-refractivity contribution in [2.45, 2.75) is 6.61 Å². The number of nitrogens with zero attached hydrogens (tertiary/aromatic N) is 1. The van der Waals surface area contributed by atoms with Crippen molar-refractivity contribution >= 4 is 38.9 Å². The highest BCUT2D eigenvalue weighted by Crippen LogP contribution is 2.21. The summed E-state index contributed by atoms with van der Waals surface area (Å²) in [4.78, 5) is 4.96. The van der Waals surface area contributed by atoms with Gasteiger partial charge in [-0.05, 0) is 24.3 Å². The normalized spacial score (nSPS) is 10.3. The minimum absolute atomic E-state index is 0.506. The van der Waals surface area contributed by atoms with Gasteiger partial charge in [-0.15, -0.1) is 11.3 Å². The Hall–Kier alpha value is -0.580. The molecule has 0 fully saturated rings. The highest BCUT2D eigenvalue weighted by molar-refractivity contribution is 9.10. The van der Waals surface area contributed by atoms with E-state index in [4.69, 9.17) is 16.3 Å². The van der Waals surface area contributed by atoms with E-state index in [1.54, 1.807) is 6.20 Å². The van der Waals surface area contributed by atoms with Crippen LogP contribution in [0.3, 0.4) is 0 Å². The van der Waals surface area contributed by atoms with Gasteiger partial charge in [0.15, 0.2) is 4.47 Å². The lowest BCUT2D eigenvalue weighted by molar-refractivity contribution is 0.309. The standard InChI is InChI=1S/C10H7BrClNOS/c11-7-1-3-8(4-2-7)14-6-9-5-13-10(12)15-9/h1-5H,6H2. The van der Waals surface area contributed by atoms with E-state index in [9.17, 15) is 0 Å². The molecule has 0 aliphatic rings. The number of halogens is 2. The average Bonchev–Trinajstić information content (AvgIpc) is 2.64. The van der Waals surface area contributed by atoms with E-state index < -0.39 is 0 Å². The summed E-state index contributed by atoms with van der Waals surface area (Å²) < 4.78 is 7.13. The maximum atomic E-state index is 5.71. The Labute approximate surface area is 105 Å². The van der Waals surface area contributed by atoms with E-state index >= 15 is 0 Å². The number of thiazole rings is 1. The molecule has 0 amide bonds. The Morgan fingerprint density at radius 2 is 2.07 bits per heavy atom. The predicted molar refractivity (Wildman–Crippen MR) is 65.6 cm³/mol. The molecule has 5 heteroatoms. The highest BCUT2D eigenvalue weighted by Gasteiger charge is 2.00. The third-order valence-electron chi connectivity index (χ3n) is 1.72. The molecule has 0 aliphatic heterocycles. The van der Waals surface area contributed by atoms with Gasteiger partial charge in [-0.25, -0.2) is 4.98 Å². The summed E-state index contributed by atoms with van der Waals surface area (Å²) in [5, 5.41) is 0. The minimum Gasteiger partial charge on any atom is -0.488 e. The molecule has 0 bridgehead atoms. The first-order valence-electron chi connectivity index (χ1n) is 4.22. The van der Waals surface area contributed by atoms with Crippen molar-refractivity contribution in [3.8, 4) is 5.75 Å². The summed E-state index contributed by atoms with van der Waals surface area (Å²) >= 11 is 10.5. The monoisotopic (exact) mass is 303 g/mol. The van der Waals surface area contributed by atoms with Crippen molar-refractivity contribution in [1.82, 2.24) is 4.98 Å². The fraction of sp³-hybridized carbons (Fsp3) is 0.100. The molecule has 0 aliphatic carbocycles. The zero-order valence-electron chi connectivity index (χ0n) is 7.61. The van der Waals surface area contributed by atoms with E-state index in [1.165, 1.54) is 11.3 Å². The summed E-state index contributed by atoms with van der Waals surface area (Å²) in [5.74, 6) is 0.836. The Bertz CT molecular complexity index is 443. The lowest BCUT2D eigenvalue weighted by Crippen LogP contribution is -1.92.